The van der Waals surface area contributed by atoms with Gasteiger partial charge in [-0.15, -0.1) is 0 Å². The Morgan fingerprint density at radius 3 is 2.53 bits per heavy atom. The molecule has 1 aliphatic heterocycles. The van der Waals surface area contributed by atoms with E-state index < -0.39 is 0 Å². The fraction of sp³-hybridized carbons (Fsp3) is 0.500. The van der Waals surface area contributed by atoms with E-state index >= 15 is 0 Å². The molecule has 17 heavy (non-hydrogen) atoms. The third-order valence-corrected chi connectivity index (χ3v) is 4.29. The summed E-state index contributed by atoms with van der Waals surface area (Å²) in [6.07, 6.45) is 2.39. The number of Topliss-reactive ketones (excluding diaryl/α,β-unsaturated/α-hetero) is 1. The topological polar surface area (TPSA) is 20.3 Å². The molecule has 0 amide bonds. The van der Waals surface area contributed by atoms with Crippen molar-refractivity contribution in [1.29, 1.82) is 0 Å². The number of carbonyl (C=O) groups is 1. The van der Waals surface area contributed by atoms with Gasteiger partial charge in [-0.1, -0.05) is 12.1 Å². The van der Waals surface area contributed by atoms with Crippen molar-refractivity contribution in [2.75, 3.05) is 13.1 Å². The molecule has 0 spiro atoms. The van der Waals surface area contributed by atoms with Gasteiger partial charge in [0.2, 0.25) is 0 Å². The van der Waals surface area contributed by atoms with Crippen LogP contribution in [0.3, 0.4) is 0 Å². The van der Waals surface area contributed by atoms with Gasteiger partial charge in [0.25, 0.3) is 0 Å². The Bertz CT molecular complexity index is 411. The zero-order valence-corrected chi connectivity index (χ0v) is 12.5. The predicted octanol–water partition coefficient (Wildman–Crippen LogP) is 3.35. The molecule has 1 saturated heterocycles. The monoisotopic (exact) mass is 343 g/mol. The Balaban J connectivity index is 2.04. The van der Waals surface area contributed by atoms with Crippen LogP contribution in [0.2, 0.25) is 0 Å². The molecule has 3 heteroatoms. The molecule has 92 valence electrons. The van der Waals surface area contributed by atoms with Crippen LogP contribution in [0, 0.1) is 3.57 Å². The van der Waals surface area contributed by atoms with E-state index in [4.69, 9.17) is 0 Å². The van der Waals surface area contributed by atoms with Gasteiger partial charge in [-0.05, 0) is 68.0 Å². The SMILES string of the molecule is CC1(C)CCCN1CC(=O)c1ccc(I)cc1. The maximum atomic E-state index is 12.2. The van der Waals surface area contributed by atoms with Gasteiger partial charge in [-0.3, -0.25) is 9.69 Å². The second-order valence-corrected chi connectivity index (χ2v) is 6.51. The quantitative estimate of drug-likeness (QED) is 0.620. The van der Waals surface area contributed by atoms with Crippen molar-refractivity contribution in [1.82, 2.24) is 4.90 Å². The van der Waals surface area contributed by atoms with Gasteiger partial charge in [0.15, 0.2) is 5.78 Å². The molecule has 0 radical (unpaired) electrons. The Hall–Kier alpha value is -0.420. The highest BCUT2D eigenvalue weighted by atomic mass is 127. The zero-order chi connectivity index (χ0) is 12.5. The van der Waals surface area contributed by atoms with Gasteiger partial charge in [-0.2, -0.15) is 0 Å². The van der Waals surface area contributed by atoms with Crippen molar-refractivity contribution in [2.45, 2.75) is 32.2 Å². The van der Waals surface area contributed by atoms with E-state index in [2.05, 4.69) is 41.3 Å². The van der Waals surface area contributed by atoms with Gasteiger partial charge in [0.05, 0.1) is 6.54 Å². The summed E-state index contributed by atoms with van der Waals surface area (Å²) in [4.78, 5) is 14.5. The highest BCUT2D eigenvalue weighted by molar-refractivity contribution is 14.1. The Kier molecular flexibility index (Phi) is 3.88. The summed E-state index contributed by atoms with van der Waals surface area (Å²) in [6, 6.07) is 7.83. The van der Waals surface area contributed by atoms with Gasteiger partial charge in [-0.25, -0.2) is 0 Å². The van der Waals surface area contributed by atoms with Crippen LogP contribution in [-0.2, 0) is 0 Å². The molecule has 1 aromatic carbocycles. The first kappa shape index (κ1) is 13.0. The fourth-order valence-electron chi connectivity index (χ4n) is 2.36. The summed E-state index contributed by atoms with van der Waals surface area (Å²) >= 11 is 2.25. The fourth-order valence-corrected chi connectivity index (χ4v) is 2.72. The van der Waals surface area contributed by atoms with Crippen molar-refractivity contribution in [2.24, 2.45) is 0 Å². The summed E-state index contributed by atoms with van der Waals surface area (Å²) in [5.74, 6) is 0.233. The lowest BCUT2D eigenvalue weighted by atomic mass is 10.0. The molecule has 0 N–H and O–H groups in total. The lowest BCUT2D eigenvalue weighted by molar-refractivity contribution is 0.0871. The van der Waals surface area contributed by atoms with Crippen LogP contribution in [0.25, 0.3) is 0 Å². The van der Waals surface area contributed by atoms with Gasteiger partial charge >= 0.3 is 0 Å². The van der Waals surface area contributed by atoms with E-state index in [-0.39, 0.29) is 11.3 Å². The standard InChI is InChI=1S/C14H18INO/c1-14(2)8-3-9-16(14)10-13(17)11-4-6-12(15)7-5-11/h4-7H,3,8-10H2,1-2H3. The first-order valence-electron chi connectivity index (χ1n) is 6.03. The highest BCUT2D eigenvalue weighted by Gasteiger charge is 2.32. The lowest BCUT2D eigenvalue weighted by Crippen LogP contribution is -2.41. The van der Waals surface area contributed by atoms with E-state index in [9.17, 15) is 4.79 Å². The number of carbonyl (C=O) groups excluding carboxylic acids is 1. The molecule has 0 unspecified atom stereocenters. The molecular weight excluding hydrogens is 325 g/mol. The zero-order valence-electron chi connectivity index (χ0n) is 10.4. The van der Waals surface area contributed by atoms with E-state index in [0.29, 0.717) is 6.54 Å². The van der Waals surface area contributed by atoms with Crippen LogP contribution >= 0.6 is 22.6 Å². The smallest absolute Gasteiger partial charge is 0.176 e. The van der Waals surface area contributed by atoms with Crippen molar-refractivity contribution in [3.63, 3.8) is 0 Å². The Morgan fingerprint density at radius 1 is 1.35 bits per heavy atom. The third-order valence-electron chi connectivity index (χ3n) is 3.57. The molecule has 2 nitrogen and oxygen atoms in total. The normalized spacial score (nSPS) is 19.5. The number of hydrogen-bond acceptors (Lipinski definition) is 2. The van der Waals surface area contributed by atoms with E-state index in [0.717, 1.165) is 12.1 Å². The predicted molar refractivity (Wildman–Crippen MR) is 78.4 cm³/mol. The maximum absolute atomic E-state index is 12.2. The van der Waals surface area contributed by atoms with Crippen molar-refractivity contribution >= 4 is 28.4 Å². The number of hydrogen-bond donors (Lipinski definition) is 0. The molecule has 2 rings (SSSR count). The van der Waals surface area contributed by atoms with Gasteiger partial charge in [0, 0.05) is 14.7 Å². The average molecular weight is 343 g/mol. The van der Waals surface area contributed by atoms with Crippen molar-refractivity contribution in [3.8, 4) is 0 Å². The van der Waals surface area contributed by atoms with Gasteiger partial charge in [0.1, 0.15) is 0 Å². The summed E-state index contributed by atoms with van der Waals surface area (Å²) < 4.78 is 1.17. The van der Waals surface area contributed by atoms with Crippen LogP contribution < -0.4 is 0 Å². The minimum Gasteiger partial charge on any atom is -0.293 e. The van der Waals surface area contributed by atoms with Crippen LogP contribution in [0.5, 0.6) is 0 Å². The molecular formula is C14H18INO. The molecule has 0 aliphatic carbocycles. The molecule has 0 aromatic heterocycles. The number of ketones is 1. The molecule has 1 fully saturated rings. The van der Waals surface area contributed by atoms with E-state index in [1.54, 1.807) is 0 Å². The summed E-state index contributed by atoms with van der Waals surface area (Å²) in [7, 11) is 0. The Labute approximate surface area is 117 Å². The third kappa shape index (κ3) is 3.07. The van der Waals surface area contributed by atoms with Crippen molar-refractivity contribution in [3.05, 3.63) is 33.4 Å². The second-order valence-electron chi connectivity index (χ2n) is 5.27. The van der Waals surface area contributed by atoms with E-state index in [1.165, 1.54) is 16.4 Å². The molecule has 0 saturated carbocycles. The average Bonchev–Trinajstić information content (AvgIpc) is 2.59. The number of rotatable bonds is 3. The molecule has 1 aliphatic rings. The second kappa shape index (κ2) is 5.06. The first-order valence-corrected chi connectivity index (χ1v) is 7.11. The molecule has 0 bridgehead atoms. The first-order chi connectivity index (χ1) is 7.99. The highest BCUT2D eigenvalue weighted by Crippen LogP contribution is 2.28. The number of nitrogens with zero attached hydrogens (tertiary/aromatic N) is 1. The summed E-state index contributed by atoms with van der Waals surface area (Å²) in [5.41, 5.74) is 1.01. The maximum Gasteiger partial charge on any atom is 0.176 e. The van der Waals surface area contributed by atoms with Crippen LogP contribution in [0.1, 0.15) is 37.0 Å². The molecule has 0 atom stereocenters. The van der Waals surface area contributed by atoms with E-state index in [1.807, 2.05) is 24.3 Å². The largest absolute Gasteiger partial charge is 0.293 e. The minimum absolute atomic E-state index is 0.179. The lowest BCUT2D eigenvalue weighted by Gasteiger charge is -2.30. The van der Waals surface area contributed by atoms with Crippen LogP contribution in [0.4, 0.5) is 0 Å². The van der Waals surface area contributed by atoms with Gasteiger partial charge < -0.3 is 0 Å². The number of likely N-dealkylation sites (tertiary alicyclic amines) is 1. The number of halogens is 1. The molecule has 1 heterocycles. The number of benzene rings is 1. The minimum atomic E-state index is 0.179. The van der Waals surface area contributed by atoms with Crippen LogP contribution in [0.15, 0.2) is 24.3 Å². The Morgan fingerprint density at radius 2 is 2.00 bits per heavy atom. The van der Waals surface area contributed by atoms with Crippen molar-refractivity contribution < 1.29 is 4.79 Å². The summed E-state index contributed by atoms with van der Waals surface area (Å²) in [6.45, 7) is 6.04. The summed E-state index contributed by atoms with van der Waals surface area (Å²) in [5, 5.41) is 0. The molecule has 1 aromatic rings. The van der Waals surface area contributed by atoms with Crippen LogP contribution in [-0.4, -0.2) is 29.3 Å².